The predicted octanol–water partition coefficient (Wildman–Crippen LogP) is 18.9. The number of nitrogens with one attached hydrogen (secondary N) is 7. The number of nitriles is 1. The molecule has 8 aromatic heterocycles. The number of alkyl carbamates (subject to hydrolysis) is 3. The molecule has 8 heterocycles. The second kappa shape index (κ2) is 66.3. The molecule has 0 aliphatic carbocycles. The molecule has 9 amide bonds. The molecular formula is C104H130ClN19O16Y4-8. The number of phenolic OH excluding ortho intramolecular Hbond substituents is 1. The number of benzene rings is 4. The van der Waals surface area contributed by atoms with Crippen LogP contribution >= 0.6 is 11.6 Å². The Labute approximate surface area is 950 Å². The van der Waals surface area contributed by atoms with Crippen LogP contribution in [0, 0.1) is 79.7 Å². The molecule has 4 radical (unpaired) electrons. The Morgan fingerprint density at radius 3 is 0.979 bits per heavy atom. The van der Waals surface area contributed by atoms with Gasteiger partial charge in [0.1, 0.15) is 63.1 Å². The summed E-state index contributed by atoms with van der Waals surface area (Å²) in [5, 5.41) is 30.4. The normalized spacial score (nSPS) is 12.0. The van der Waals surface area contributed by atoms with Gasteiger partial charge in [-0.1, -0.05) is 98.2 Å². The number of carbonyl (C=O) groups excluding carboxylic acids is 9. The number of aromatic nitrogens is 8. The average molecular weight is 2290 g/mol. The van der Waals surface area contributed by atoms with Gasteiger partial charge in [0, 0.05) is 267 Å². The van der Waals surface area contributed by atoms with E-state index in [2.05, 4.69) is 117 Å². The van der Waals surface area contributed by atoms with Crippen LogP contribution in [0.2, 0.25) is 5.15 Å². The number of phenols is 1. The van der Waals surface area contributed by atoms with Gasteiger partial charge in [0.25, 0.3) is 0 Å². The Balaban J connectivity index is 0.00000179. The van der Waals surface area contributed by atoms with E-state index in [-0.39, 0.29) is 168 Å². The average Bonchev–Trinajstić information content (AvgIpc) is 1.73. The van der Waals surface area contributed by atoms with Crippen molar-refractivity contribution in [1.29, 1.82) is 5.26 Å². The zero-order chi connectivity index (χ0) is 105. The van der Waals surface area contributed by atoms with Crippen LogP contribution in [0.3, 0.4) is 0 Å². The van der Waals surface area contributed by atoms with E-state index in [1.165, 1.54) is 6.07 Å². The fraction of sp³-hybridized carbons (Fsp3) is 0.317. The number of H-pyrrole nitrogens is 4. The second-order valence-corrected chi connectivity index (χ2v) is 33.1. The van der Waals surface area contributed by atoms with Gasteiger partial charge < -0.3 is 126 Å². The number of hydrogen-bond donors (Lipinski definition) is 10. The first-order chi connectivity index (χ1) is 66.3. The molecule has 12 aromatic rings. The molecule has 0 bridgehead atoms. The third-order valence-electron chi connectivity index (χ3n) is 18.9. The maximum Gasteiger partial charge on any atom is 0.408 e. The van der Waals surface area contributed by atoms with Gasteiger partial charge in [0.15, 0.2) is 12.1 Å². The Bertz CT molecular complexity index is 6050. The van der Waals surface area contributed by atoms with Gasteiger partial charge in [0.05, 0.1) is 6.07 Å². The number of halogens is 1. The van der Waals surface area contributed by atoms with Crippen LogP contribution in [0.5, 0.6) is 40.6 Å². The van der Waals surface area contributed by atoms with E-state index in [9.17, 15) is 48.3 Å². The number of rotatable bonds is 27. The molecule has 0 spiro atoms. The summed E-state index contributed by atoms with van der Waals surface area (Å²) >= 11 is 5.43. The first-order valence-electron chi connectivity index (χ1n) is 44.9. The number of hydrogen-bond acceptors (Lipinski definition) is 21. The molecule has 35 nitrogen and oxygen atoms in total. The van der Waals surface area contributed by atoms with E-state index >= 15 is 0 Å². The predicted molar refractivity (Wildman–Crippen MR) is 542 cm³/mol. The van der Waals surface area contributed by atoms with Crippen LogP contribution in [0.1, 0.15) is 147 Å². The molecular weight excluding hydrogens is 2160 g/mol. The van der Waals surface area contributed by atoms with E-state index in [0.717, 1.165) is 69.0 Å². The molecule has 0 saturated carbocycles. The van der Waals surface area contributed by atoms with E-state index in [1.54, 1.807) is 172 Å². The third-order valence-corrected chi connectivity index (χ3v) is 19.2. The summed E-state index contributed by atoms with van der Waals surface area (Å²) in [7, 11) is 14.4. The Morgan fingerprint density at radius 1 is 0.438 bits per heavy atom. The Hall–Kier alpha value is -10.8. The van der Waals surface area contributed by atoms with Gasteiger partial charge in [0.2, 0.25) is 47.2 Å². The minimum Gasteiger partial charge on any atom is -0.508 e. The largest absolute Gasteiger partial charge is 0.508 e. The number of nitrogens with zero attached hydrogens (tertiary/aromatic N) is 10. The first-order valence-corrected chi connectivity index (χ1v) is 45.3. The van der Waals surface area contributed by atoms with Gasteiger partial charge in [-0.2, -0.15) is 5.26 Å². The van der Waals surface area contributed by atoms with Crippen LogP contribution in [0.4, 0.5) is 14.4 Å². The zero-order valence-electron chi connectivity index (χ0n) is 85.0. The SMILES string of the molecule is CC.CC.CC.CC.Clc1ccccn1.[C-]#[N+]C([CH2-])N([CH2-])C(=O)C(C)Cc1c[nH]c2ccc(Oc3ccccn3)cc12.[CH2-]C(C#N)N([CH2-])C(=O)C(Cc1c[nH]c2ccc(Oc3ccccn3)cc12)NC(=O)OC(C)(C)C.[CH2-]C(C(N)=O)N([CH2-])C(=O)C(Cc1c[nH]c2ccc(O)cc12)NC(=O)OC(C)(C)C.[CH2-]C(C(N)=O)N([CH2-])C(=O)C(Cc1c[nH]c2ccc(Oc3ccccn3)cc12)NC(=O)OC(C)(C)C.[Y].[Y].[Y].[Y]. The van der Waals surface area contributed by atoms with Crippen molar-refractivity contribution >= 4 is 109 Å². The van der Waals surface area contributed by atoms with E-state index < -0.39 is 107 Å². The summed E-state index contributed by atoms with van der Waals surface area (Å²) in [6.45, 7) is 54.5. The third kappa shape index (κ3) is 44.2. The molecule has 40 heteroatoms. The van der Waals surface area contributed by atoms with Crippen molar-refractivity contribution in [3.05, 3.63) is 290 Å². The molecule has 0 fully saturated rings. The summed E-state index contributed by atoms with van der Waals surface area (Å²) in [5.74, 6) is -0.821. The Morgan fingerprint density at radius 2 is 0.722 bits per heavy atom. The monoisotopic (exact) mass is 2290 g/mol. The molecule has 0 aliphatic heterocycles. The first kappa shape index (κ1) is 133. The van der Waals surface area contributed by atoms with Crippen molar-refractivity contribution in [2.24, 2.45) is 17.4 Å². The number of carbonyl (C=O) groups is 9. The number of aromatic hydroxyl groups is 1. The maximum absolute atomic E-state index is 13.2. The van der Waals surface area contributed by atoms with Crippen molar-refractivity contribution in [2.75, 3.05) is 0 Å². The van der Waals surface area contributed by atoms with Crippen LogP contribution in [-0.4, -0.2) is 178 Å². The fourth-order valence-electron chi connectivity index (χ4n) is 12.4. The van der Waals surface area contributed by atoms with Crippen molar-refractivity contribution in [1.82, 2.24) is 75.4 Å². The Kier molecular flexibility index (Phi) is 61.3. The smallest absolute Gasteiger partial charge is 0.408 e. The number of fused-ring (bicyclic) bond motifs is 4. The van der Waals surface area contributed by atoms with E-state index in [0.29, 0.717) is 63.0 Å². The van der Waals surface area contributed by atoms with E-state index in [4.69, 9.17) is 63.3 Å². The van der Waals surface area contributed by atoms with Crippen LogP contribution < -0.4 is 41.6 Å². The zero-order valence-corrected chi connectivity index (χ0v) is 97.1. The number of primary amides is 2. The molecule has 12 rings (SSSR count). The number of nitrogens with two attached hydrogens (primary N) is 2. The van der Waals surface area contributed by atoms with Crippen molar-refractivity contribution in [3.63, 3.8) is 0 Å². The molecule has 0 saturated heterocycles. The van der Waals surface area contributed by atoms with Gasteiger partial charge in [-0.25, -0.2) is 54.9 Å². The summed E-state index contributed by atoms with van der Waals surface area (Å²) in [6.07, 6.45) is 11.2. The van der Waals surface area contributed by atoms with Gasteiger partial charge in [-0.3, -0.25) is 49.9 Å². The van der Waals surface area contributed by atoms with Crippen LogP contribution in [0.25, 0.3) is 48.5 Å². The number of pyridine rings is 4. The van der Waals surface area contributed by atoms with Gasteiger partial charge >= 0.3 is 18.3 Å². The van der Waals surface area contributed by atoms with E-state index in [1.807, 2.05) is 147 Å². The molecule has 0 aliphatic rings. The molecule has 144 heavy (non-hydrogen) atoms. The summed E-state index contributed by atoms with van der Waals surface area (Å²) < 4.78 is 33.3. The number of amides is 9. The quantitative estimate of drug-likeness (QED) is 0.0130. The molecule has 8 unspecified atom stereocenters. The topological polar surface area (TPSA) is 473 Å². The fourth-order valence-corrected chi connectivity index (χ4v) is 12.5. The van der Waals surface area contributed by atoms with Crippen LogP contribution in [-0.2, 0) is 199 Å². The molecule has 764 valence electrons. The summed E-state index contributed by atoms with van der Waals surface area (Å²) in [5.41, 5.74) is 14.7. The number of ether oxygens (including phenoxy) is 6. The van der Waals surface area contributed by atoms with Gasteiger partial charge in [-0.15, -0.1) is 0 Å². The van der Waals surface area contributed by atoms with Gasteiger partial charge in [-0.05, 0) is 212 Å². The minimum absolute atomic E-state index is 0. The van der Waals surface area contributed by atoms with Crippen LogP contribution in [0.15, 0.2) is 195 Å². The summed E-state index contributed by atoms with van der Waals surface area (Å²) in [6, 6.07) is 38.2. The molecule has 8 atom stereocenters. The standard InChI is InChI=1S/C25H29N5O5.C25H27N5O4.C21H20N4O2.C20H26N4O5.C5H4ClN.4C2H6.4Y/c1-15(22(26)31)30(5)23(32)20(29-24(33)35-25(2,3)4)12-16-14-28-19-10-9-17(13-18(16)19)34-21-8-6-7-11-27-21;1-16(14-26)30(5)23(31)21(29-24(32)34-25(2,3)4)12-17-15-28-20-10-9-18(13-19(17)20)33-22-8-6-7-11-27-22;1-14(21(26)25(4)15(2)22-3)11-16-13-24-19-9-8-17(12-18(16)19)27-20-7-5-6-10-23-20;1-11(17(21)26)24(5)18(27)16(23-19(28)29-20(2,3)4)8-12-10-22-15-7-6-13(25)9-14(12)15;6-5-3-1-2-4-7-5;4*1-2;;;;/h6-11,13-15,20,28H,1,5,12H2,2-4H3,(H2,26,31)(H,29,33);6-11,13,15-16,21,28H,1,5,12H2,2-4H3,(H,29,32);5-10,12-15,24H,2,4,11H2,1H3;6-7,9-11,16,22,25H,1,5,8H2,2-4H3,(H2,21,26)(H,23,28);1-4H;4*1-2H3;;;;/q4*-2;;;;;;;;;. The molecule has 12 N–H and O–H groups in total. The maximum atomic E-state index is 13.2. The summed E-state index contributed by atoms with van der Waals surface area (Å²) in [4.78, 5) is 148. The molecule has 4 aromatic carbocycles. The van der Waals surface area contributed by atoms with Crippen molar-refractivity contribution in [3.8, 4) is 46.7 Å². The van der Waals surface area contributed by atoms with Crippen molar-refractivity contribution < 1.29 is 208 Å². The number of aromatic amines is 4. The van der Waals surface area contributed by atoms with Crippen molar-refractivity contribution in [2.45, 2.75) is 210 Å². The minimum atomic E-state index is -1.22. The second-order valence-electron chi connectivity index (χ2n) is 32.7.